The minimum Gasteiger partial charge on any atom is -0.324 e. The first kappa shape index (κ1) is 16.5. The molecule has 22 heavy (non-hydrogen) atoms. The van der Waals surface area contributed by atoms with Gasteiger partial charge in [-0.05, 0) is 43.3 Å². The number of amides is 1. The molecule has 0 bridgehead atoms. The zero-order valence-corrected chi connectivity index (χ0v) is 13.3. The van der Waals surface area contributed by atoms with Crippen molar-refractivity contribution in [2.75, 3.05) is 12.4 Å². The minimum atomic E-state index is -0.324. The van der Waals surface area contributed by atoms with Gasteiger partial charge in [-0.15, -0.1) is 0 Å². The van der Waals surface area contributed by atoms with Crippen molar-refractivity contribution < 1.29 is 14.1 Å². The van der Waals surface area contributed by atoms with Gasteiger partial charge in [0.1, 0.15) is 12.4 Å². The van der Waals surface area contributed by atoms with E-state index < -0.39 is 0 Å². The number of halogens is 2. The van der Waals surface area contributed by atoms with Crippen LogP contribution in [0.4, 0.5) is 10.1 Å². The second kappa shape index (κ2) is 7.38. The van der Waals surface area contributed by atoms with Crippen molar-refractivity contribution in [2.24, 2.45) is 0 Å². The molecule has 0 fully saturated rings. The highest BCUT2D eigenvalue weighted by molar-refractivity contribution is 6.30. The summed E-state index contributed by atoms with van der Waals surface area (Å²) in [5.74, 6) is -0.430. The van der Waals surface area contributed by atoms with Crippen LogP contribution >= 0.6 is 11.6 Å². The summed E-state index contributed by atoms with van der Waals surface area (Å²) in [7, 11) is 1.95. The van der Waals surface area contributed by atoms with Gasteiger partial charge in [0, 0.05) is 16.3 Å². The summed E-state index contributed by atoms with van der Waals surface area (Å²) in [6.07, 6.45) is 0. The van der Waals surface area contributed by atoms with Crippen LogP contribution in [0.25, 0.3) is 0 Å². The van der Waals surface area contributed by atoms with Crippen LogP contribution in [0.1, 0.15) is 12.5 Å². The third kappa shape index (κ3) is 4.55. The molecule has 0 aliphatic rings. The van der Waals surface area contributed by atoms with Crippen LogP contribution in [-0.2, 0) is 11.3 Å². The smallest absolute Gasteiger partial charge is 0.282 e. The average Bonchev–Trinajstić information content (AvgIpc) is 2.48. The summed E-state index contributed by atoms with van der Waals surface area (Å²) in [5, 5.41) is 3.48. The lowest BCUT2D eigenvalue weighted by atomic mass is 10.2. The van der Waals surface area contributed by atoms with Crippen LogP contribution in [0.15, 0.2) is 48.5 Å². The van der Waals surface area contributed by atoms with Crippen LogP contribution in [0.2, 0.25) is 5.02 Å². The zero-order chi connectivity index (χ0) is 16.1. The first-order valence-electron chi connectivity index (χ1n) is 7.09. The van der Waals surface area contributed by atoms with E-state index in [1.165, 1.54) is 12.1 Å². The highest BCUT2D eigenvalue weighted by atomic mass is 35.5. The van der Waals surface area contributed by atoms with Gasteiger partial charge in [0.25, 0.3) is 5.91 Å². The fourth-order valence-electron chi connectivity index (χ4n) is 2.13. The maximum atomic E-state index is 12.9. The van der Waals surface area contributed by atoms with Crippen LogP contribution in [-0.4, -0.2) is 19.0 Å². The first-order valence-corrected chi connectivity index (χ1v) is 7.46. The summed E-state index contributed by atoms with van der Waals surface area (Å²) in [6, 6.07) is 13.1. The summed E-state index contributed by atoms with van der Waals surface area (Å²) >= 11 is 5.97. The van der Waals surface area contributed by atoms with Crippen LogP contribution in [0, 0.1) is 5.82 Å². The van der Waals surface area contributed by atoms with Crippen molar-refractivity contribution in [3.05, 3.63) is 64.9 Å². The average molecular weight is 322 g/mol. The number of hydrogen-bond donors (Lipinski definition) is 2. The Bertz CT molecular complexity index is 645. The van der Waals surface area contributed by atoms with E-state index in [4.69, 9.17) is 11.6 Å². The van der Waals surface area contributed by atoms with Gasteiger partial charge in [-0.1, -0.05) is 23.7 Å². The Balaban J connectivity index is 1.95. The monoisotopic (exact) mass is 321 g/mol. The van der Waals surface area contributed by atoms with E-state index in [1.807, 2.05) is 38.2 Å². The number of anilines is 1. The predicted octanol–water partition coefficient (Wildman–Crippen LogP) is 2.52. The number of likely N-dealkylation sites (N-methyl/N-ethyl adjacent to an activating group) is 1. The molecule has 0 radical (unpaired) electrons. The Hall–Kier alpha value is -1.91. The lowest BCUT2D eigenvalue weighted by molar-refractivity contribution is -0.907. The second-order valence-corrected chi connectivity index (χ2v) is 5.81. The van der Waals surface area contributed by atoms with E-state index in [1.54, 1.807) is 12.1 Å². The molecular formula is C17H19ClFN2O+. The summed E-state index contributed by atoms with van der Waals surface area (Å²) in [5.41, 5.74) is 1.67. The number of carbonyl (C=O) groups is 1. The lowest BCUT2D eigenvalue weighted by Gasteiger charge is -2.21. The molecule has 2 aromatic rings. The Labute approximate surface area is 134 Å². The quantitative estimate of drug-likeness (QED) is 0.872. The summed E-state index contributed by atoms with van der Waals surface area (Å²) < 4.78 is 12.9. The van der Waals surface area contributed by atoms with Gasteiger partial charge in [-0.3, -0.25) is 4.79 Å². The van der Waals surface area contributed by atoms with Crippen LogP contribution < -0.4 is 10.2 Å². The molecule has 0 saturated carbocycles. The first-order chi connectivity index (χ1) is 10.5. The molecule has 1 amide bonds. The Morgan fingerprint density at radius 3 is 2.59 bits per heavy atom. The molecule has 2 aromatic carbocycles. The molecule has 116 valence electrons. The van der Waals surface area contributed by atoms with Gasteiger partial charge in [0.15, 0.2) is 6.04 Å². The second-order valence-electron chi connectivity index (χ2n) is 5.37. The number of rotatable bonds is 5. The number of quaternary nitrogens is 1. The summed E-state index contributed by atoms with van der Waals surface area (Å²) in [4.78, 5) is 13.3. The molecule has 0 heterocycles. The van der Waals surface area contributed by atoms with E-state index in [2.05, 4.69) is 5.32 Å². The molecule has 2 N–H and O–H groups in total. The van der Waals surface area contributed by atoms with E-state index in [0.717, 1.165) is 10.5 Å². The molecule has 0 spiro atoms. The van der Waals surface area contributed by atoms with E-state index in [0.29, 0.717) is 17.3 Å². The van der Waals surface area contributed by atoms with Crippen molar-refractivity contribution in [1.29, 1.82) is 0 Å². The van der Waals surface area contributed by atoms with Gasteiger partial charge in [-0.25, -0.2) is 4.39 Å². The van der Waals surface area contributed by atoms with Crippen LogP contribution in [0.5, 0.6) is 0 Å². The molecule has 1 unspecified atom stereocenters. The van der Waals surface area contributed by atoms with E-state index >= 15 is 0 Å². The van der Waals surface area contributed by atoms with Crippen molar-refractivity contribution in [2.45, 2.75) is 19.5 Å². The largest absolute Gasteiger partial charge is 0.324 e. The molecule has 0 aliphatic carbocycles. The van der Waals surface area contributed by atoms with Gasteiger partial charge in [0.2, 0.25) is 0 Å². The molecule has 2 rings (SSSR count). The fourth-order valence-corrected chi connectivity index (χ4v) is 2.34. The number of hydrogen-bond acceptors (Lipinski definition) is 1. The highest BCUT2D eigenvalue weighted by Crippen LogP contribution is 2.10. The Morgan fingerprint density at radius 2 is 1.95 bits per heavy atom. The molecule has 2 atom stereocenters. The van der Waals surface area contributed by atoms with Gasteiger partial charge in [0.05, 0.1) is 7.05 Å². The maximum absolute atomic E-state index is 12.9. The van der Waals surface area contributed by atoms with Crippen LogP contribution in [0.3, 0.4) is 0 Å². The lowest BCUT2D eigenvalue weighted by Crippen LogP contribution is -3.12. The molecule has 3 nitrogen and oxygen atoms in total. The van der Waals surface area contributed by atoms with Gasteiger partial charge >= 0.3 is 0 Å². The van der Waals surface area contributed by atoms with Gasteiger partial charge < -0.3 is 10.2 Å². The standard InChI is InChI=1S/C17H18ClFN2O/c1-12(17(22)20-16-8-6-15(19)7-9-16)21(2)11-13-4-3-5-14(18)10-13/h3-10,12H,11H2,1-2H3,(H,20,22)/p+1/t12-/m0/s1. The van der Waals surface area contributed by atoms with Crippen molar-refractivity contribution in [1.82, 2.24) is 0 Å². The van der Waals surface area contributed by atoms with Crippen molar-refractivity contribution in [3.63, 3.8) is 0 Å². The Kier molecular flexibility index (Phi) is 5.52. The third-order valence-corrected chi connectivity index (χ3v) is 3.85. The predicted molar refractivity (Wildman–Crippen MR) is 86.5 cm³/mol. The van der Waals surface area contributed by atoms with Gasteiger partial charge in [-0.2, -0.15) is 0 Å². The Morgan fingerprint density at radius 1 is 1.27 bits per heavy atom. The fraction of sp³-hybridized carbons (Fsp3) is 0.235. The topological polar surface area (TPSA) is 33.5 Å². The SMILES string of the molecule is C[C@@H](C(=O)Nc1ccc(F)cc1)[NH+](C)Cc1cccc(Cl)c1. The number of benzene rings is 2. The highest BCUT2D eigenvalue weighted by Gasteiger charge is 2.22. The zero-order valence-electron chi connectivity index (χ0n) is 12.6. The molecular weight excluding hydrogens is 303 g/mol. The molecule has 0 saturated heterocycles. The third-order valence-electron chi connectivity index (χ3n) is 3.62. The maximum Gasteiger partial charge on any atom is 0.282 e. The van der Waals surface area contributed by atoms with E-state index in [9.17, 15) is 9.18 Å². The molecule has 0 aromatic heterocycles. The number of nitrogens with one attached hydrogen (secondary N) is 2. The van der Waals surface area contributed by atoms with E-state index in [-0.39, 0.29) is 17.8 Å². The summed E-state index contributed by atoms with van der Waals surface area (Å²) in [6.45, 7) is 2.55. The minimum absolute atomic E-state index is 0.105. The number of carbonyl (C=O) groups excluding carboxylic acids is 1. The van der Waals surface area contributed by atoms with Crippen molar-refractivity contribution >= 4 is 23.2 Å². The van der Waals surface area contributed by atoms with Crippen molar-refractivity contribution in [3.8, 4) is 0 Å². The normalized spacial score (nSPS) is 13.5. The molecule has 0 aliphatic heterocycles. The molecule has 5 heteroatoms.